The molecule has 0 spiro atoms. The van der Waals surface area contributed by atoms with Crippen molar-refractivity contribution in [1.29, 1.82) is 0 Å². The summed E-state index contributed by atoms with van der Waals surface area (Å²) in [5.74, 6) is 0.874. The van der Waals surface area contributed by atoms with Crippen LogP contribution in [-0.4, -0.2) is 60.0 Å². The smallest absolute Gasteiger partial charge is 0.241 e. The number of halogens is 2. The minimum Gasteiger partial charge on any atom is -0.352 e. The monoisotopic (exact) mass is 497 g/mol. The van der Waals surface area contributed by atoms with E-state index in [0.29, 0.717) is 6.54 Å². The van der Waals surface area contributed by atoms with Gasteiger partial charge in [-0.05, 0) is 34.8 Å². The highest BCUT2D eigenvalue weighted by Crippen LogP contribution is 2.15. The molecule has 1 aromatic heterocycles. The minimum absolute atomic E-state index is 0. The first-order chi connectivity index (χ1) is 10.5. The van der Waals surface area contributed by atoms with Crippen molar-refractivity contribution < 1.29 is 4.79 Å². The predicted molar refractivity (Wildman–Crippen MR) is 107 cm³/mol. The van der Waals surface area contributed by atoms with Gasteiger partial charge in [-0.2, -0.15) is 0 Å². The normalized spacial score (nSPS) is 14.6. The number of aryl methyl sites for hydroxylation is 1. The van der Waals surface area contributed by atoms with Crippen molar-refractivity contribution >= 4 is 51.8 Å². The Labute approximate surface area is 163 Å². The zero-order valence-electron chi connectivity index (χ0n) is 13.9. The second kappa shape index (κ2) is 9.51. The number of guanidine groups is 1. The van der Waals surface area contributed by atoms with E-state index in [1.54, 1.807) is 7.05 Å². The number of aromatic nitrogens is 1. The minimum atomic E-state index is 0. The topological polar surface area (TPSA) is 52.9 Å². The van der Waals surface area contributed by atoms with Crippen molar-refractivity contribution in [2.75, 3.05) is 33.7 Å². The molecule has 0 bridgehead atoms. The Morgan fingerprint density at radius 3 is 2.61 bits per heavy atom. The molecule has 1 fully saturated rings. The Morgan fingerprint density at radius 1 is 1.43 bits per heavy atom. The lowest BCUT2D eigenvalue weighted by Gasteiger charge is -2.23. The molecule has 2 rings (SSSR count). The van der Waals surface area contributed by atoms with Crippen molar-refractivity contribution in [3.63, 3.8) is 0 Å². The number of nitrogens with zero attached hydrogens (tertiary/aromatic N) is 4. The number of amides is 1. The van der Waals surface area contributed by atoms with E-state index in [2.05, 4.69) is 36.9 Å². The van der Waals surface area contributed by atoms with Crippen LogP contribution in [0.3, 0.4) is 0 Å². The Balaban J connectivity index is 0.00000264. The van der Waals surface area contributed by atoms with Gasteiger partial charge in [0, 0.05) is 50.6 Å². The van der Waals surface area contributed by atoms with Crippen LogP contribution >= 0.6 is 39.9 Å². The van der Waals surface area contributed by atoms with E-state index < -0.39 is 0 Å². The van der Waals surface area contributed by atoms with Gasteiger partial charge in [0.1, 0.15) is 0 Å². The van der Waals surface area contributed by atoms with Gasteiger partial charge < -0.3 is 19.7 Å². The molecule has 1 aromatic rings. The van der Waals surface area contributed by atoms with Crippen LogP contribution in [0.4, 0.5) is 0 Å². The summed E-state index contributed by atoms with van der Waals surface area (Å²) in [5.41, 5.74) is 1.17. The third-order valence-corrected chi connectivity index (χ3v) is 4.34. The van der Waals surface area contributed by atoms with Gasteiger partial charge in [0.15, 0.2) is 5.96 Å². The van der Waals surface area contributed by atoms with Gasteiger partial charge >= 0.3 is 0 Å². The molecule has 0 aromatic carbocycles. The van der Waals surface area contributed by atoms with Gasteiger partial charge in [-0.1, -0.05) is 0 Å². The van der Waals surface area contributed by atoms with E-state index in [4.69, 9.17) is 0 Å². The molecule has 0 aliphatic carbocycles. The molecule has 2 heterocycles. The highest BCUT2D eigenvalue weighted by molar-refractivity contribution is 14.0. The molecule has 1 N–H and O–H groups in total. The van der Waals surface area contributed by atoms with Crippen molar-refractivity contribution in [3.8, 4) is 0 Å². The van der Waals surface area contributed by atoms with E-state index in [0.717, 1.165) is 42.9 Å². The summed E-state index contributed by atoms with van der Waals surface area (Å²) in [7, 11) is 5.72. The van der Waals surface area contributed by atoms with E-state index >= 15 is 0 Å². The number of likely N-dealkylation sites (tertiary alicyclic amines) is 1. The lowest BCUT2D eigenvalue weighted by atomic mass is 10.4. The number of hydrogen-bond donors (Lipinski definition) is 1. The molecule has 0 radical (unpaired) electrons. The van der Waals surface area contributed by atoms with Crippen molar-refractivity contribution in [2.24, 2.45) is 12.0 Å². The Morgan fingerprint density at radius 2 is 2.09 bits per heavy atom. The molecular formula is C15H25BrIN5O. The maximum absolute atomic E-state index is 12.1. The SMILES string of the molecule is CN=C(NCC(=O)N1CCCC1)N(C)Cc1cc(Br)cn1C.I. The summed E-state index contributed by atoms with van der Waals surface area (Å²) < 4.78 is 3.13. The predicted octanol–water partition coefficient (Wildman–Crippen LogP) is 2.04. The molecule has 1 amide bonds. The maximum atomic E-state index is 12.1. The van der Waals surface area contributed by atoms with Crippen molar-refractivity contribution in [3.05, 3.63) is 22.4 Å². The maximum Gasteiger partial charge on any atom is 0.241 e. The Kier molecular flexibility index (Phi) is 8.38. The van der Waals surface area contributed by atoms with Gasteiger partial charge in [-0.15, -0.1) is 24.0 Å². The Hall–Kier alpha value is -0.770. The second-order valence-corrected chi connectivity index (χ2v) is 6.52. The first kappa shape index (κ1) is 20.3. The van der Waals surface area contributed by atoms with Gasteiger partial charge in [-0.3, -0.25) is 9.79 Å². The molecule has 0 saturated carbocycles. The molecule has 0 unspecified atom stereocenters. The number of hydrogen-bond acceptors (Lipinski definition) is 2. The van der Waals surface area contributed by atoms with E-state index in [9.17, 15) is 4.79 Å². The zero-order chi connectivity index (χ0) is 16.1. The second-order valence-electron chi connectivity index (χ2n) is 5.61. The van der Waals surface area contributed by atoms with Crippen LogP contribution in [0.2, 0.25) is 0 Å². The highest BCUT2D eigenvalue weighted by atomic mass is 127. The molecule has 1 saturated heterocycles. The van der Waals surface area contributed by atoms with Gasteiger partial charge in [-0.25, -0.2) is 0 Å². The van der Waals surface area contributed by atoms with Crippen LogP contribution in [0.25, 0.3) is 0 Å². The van der Waals surface area contributed by atoms with Crippen LogP contribution in [0.1, 0.15) is 18.5 Å². The number of carbonyl (C=O) groups excluding carboxylic acids is 1. The van der Waals surface area contributed by atoms with Crippen LogP contribution in [0, 0.1) is 0 Å². The first-order valence-electron chi connectivity index (χ1n) is 7.51. The standard InChI is InChI=1S/C15H24BrN5O.HI/c1-17-15(18-9-14(22)21-6-4-5-7-21)20(3)11-13-8-12(16)10-19(13)2;/h8,10H,4-7,9,11H2,1-3H3,(H,17,18);1H. The van der Waals surface area contributed by atoms with Crippen molar-refractivity contribution in [2.45, 2.75) is 19.4 Å². The van der Waals surface area contributed by atoms with Gasteiger partial charge in [0.2, 0.25) is 5.91 Å². The summed E-state index contributed by atoms with van der Waals surface area (Å²) in [6.07, 6.45) is 4.25. The lowest BCUT2D eigenvalue weighted by Crippen LogP contribution is -2.44. The molecule has 6 nitrogen and oxygen atoms in total. The molecule has 1 aliphatic rings. The summed E-state index contributed by atoms with van der Waals surface area (Å²) in [6.45, 7) is 2.78. The number of rotatable bonds is 4. The molecule has 8 heteroatoms. The van der Waals surface area contributed by atoms with Gasteiger partial charge in [0.05, 0.1) is 13.1 Å². The van der Waals surface area contributed by atoms with Crippen LogP contribution in [-0.2, 0) is 18.4 Å². The van der Waals surface area contributed by atoms with Crippen LogP contribution < -0.4 is 5.32 Å². The van der Waals surface area contributed by atoms with Crippen LogP contribution in [0.15, 0.2) is 21.7 Å². The third kappa shape index (κ3) is 5.66. The Bertz CT molecular complexity index is 554. The van der Waals surface area contributed by atoms with Crippen molar-refractivity contribution in [1.82, 2.24) is 19.7 Å². The summed E-state index contributed by atoms with van der Waals surface area (Å²) >= 11 is 3.48. The molecular weight excluding hydrogens is 473 g/mol. The van der Waals surface area contributed by atoms with Crippen LogP contribution in [0.5, 0.6) is 0 Å². The fraction of sp³-hybridized carbons (Fsp3) is 0.600. The highest BCUT2D eigenvalue weighted by Gasteiger charge is 2.18. The van der Waals surface area contributed by atoms with E-state index in [-0.39, 0.29) is 29.9 Å². The van der Waals surface area contributed by atoms with E-state index in [1.807, 2.05) is 30.1 Å². The summed E-state index contributed by atoms with van der Waals surface area (Å²) in [5, 5.41) is 3.16. The summed E-state index contributed by atoms with van der Waals surface area (Å²) in [4.78, 5) is 20.3. The quantitative estimate of drug-likeness (QED) is 0.393. The molecule has 1 aliphatic heterocycles. The molecule has 130 valence electrons. The zero-order valence-corrected chi connectivity index (χ0v) is 17.8. The fourth-order valence-corrected chi connectivity index (χ4v) is 3.23. The summed E-state index contributed by atoms with van der Waals surface area (Å²) in [6, 6.07) is 2.08. The fourth-order valence-electron chi connectivity index (χ4n) is 2.66. The third-order valence-electron chi connectivity index (χ3n) is 3.90. The molecule has 23 heavy (non-hydrogen) atoms. The largest absolute Gasteiger partial charge is 0.352 e. The van der Waals surface area contributed by atoms with E-state index in [1.165, 1.54) is 5.69 Å². The number of nitrogens with one attached hydrogen (secondary N) is 1. The average molecular weight is 498 g/mol. The first-order valence-corrected chi connectivity index (χ1v) is 8.31. The number of aliphatic imine (C=N–C) groups is 1. The average Bonchev–Trinajstić information content (AvgIpc) is 3.10. The molecule has 0 atom stereocenters. The van der Waals surface area contributed by atoms with Gasteiger partial charge in [0.25, 0.3) is 0 Å². The lowest BCUT2D eigenvalue weighted by molar-refractivity contribution is -0.128. The number of carbonyl (C=O) groups is 1.